The van der Waals surface area contributed by atoms with Gasteiger partial charge in [0.2, 0.25) is 10.0 Å². The Kier molecular flexibility index (Phi) is 12.4. The third-order valence-electron chi connectivity index (χ3n) is 8.45. The third-order valence-corrected chi connectivity index (χ3v) is 10.0. The molecule has 0 radical (unpaired) electrons. The first-order valence-electron chi connectivity index (χ1n) is 16.6. The minimum Gasteiger partial charge on any atom is -0.282 e. The summed E-state index contributed by atoms with van der Waals surface area (Å²) in [5, 5.41) is 14.0. The summed E-state index contributed by atoms with van der Waals surface area (Å²) in [6.07, 6.45) is 12.4. The van der Waals surface area contributed by atoms with Gasteiger partial charge >= 0.3 is 0 Å². The molecule has 0 fully saturated rings. The van der Waals surface area contributed by atoms with E-state index in [2.05, 4.69) is 54.8 Å². The van der Waals surface area contributed by atoms with E-state index in [1.54, 1.807) is 4.80 Å². The van der Waals surface area contributed by atoms with Crippen LogP contribution in [0.1, 0.15) is 138 Å². The number of aryl methyl sites for hydroxylation is 1. The predicted octanol–water partition coefficient (Wildman–Crippen LogP) is 9.53. The van der Waals surface area contributed by atoms with Gasteiger partial charge in [0.1, 0.15) is 0 Å². The molecule has 3 aromatic carbocycles. The third kappa shape index (κ3) is 8.68. The standard InChI is InChI=1S/C36H51N5O2S/c1-6-7-8-9-10-11-12-13-14-17-26-41-38-36(37-40-41)35(33-25-18-21-29-20-15-16-22-32(29)33)44(42,43)39-34-30(27(2)3)23-19-24-31(34)28(4)5/h15-16,18-25,27-28,35,39H,6-14,17,26H2,1-5H3. The number of fused-ring (bicyclic) bond motifs is 1. The Bertz CT molecular complexity index is 1550. The van der Waals surface area contributed by atoms with E-state index >= 15 is 0 Å². The maximum atomic E-state index is 14.5. The number of rotatable bonds is 18. The largest absolute Gasteiger partial charge is 0.282 e. The smallest absolute Gasteiger partial charge is 0.247 e. The molecule has 0 amide bonds. The van der Waals surface area contributed by atoms with Gasteiger partial charge in [-0.05, 0) is 50.9 Å². The number of nitrogens with zero attached hydrogens (tertiary/aromatic N) is 4. The highest BCUT2D eigenvalue weighted by atomic mass is 32.2. The van der Waals surface area contributed by atoms with Crippen molar-refractivity contribution in [2.45, 2.75) is 122 Å². The van der Waals surface area contributed by atoms with E-state index in [-0.39, 0.29) is 17.7 Å². The first kappa shape index (κ1) is 33.6. The molecule has 7 nitrogen and oxygen atoms in total. The molecule has 1 heterocycles. The summed E-state index contributed by atoms with van der Waals surface area (Å²) in [7, 11) is -4.04. The Morgan fingerprint density at radius 3 is 1.89 bits per heavy atom. The van der Waals surface area contributed by atoms with Crippen molar-refractivity contribution in [3.8, 4) is 0 Å². The van der Waals surface area contributed by atoms with Crippen LogP contribution in [0.4, 0.5) is 5.69 Å². The van der Waals surface area contributed by atoms with Crippen LogP contribution in [0.25, 0.3) is 10.8 Å². The number of nitrogens with one attached hydrogen (secondary N) is 1. The second-order valence-corrected chi connectivity index (χ2v) is 14.4. The van der Waals surface area contributed by atoms with Crippen LogP contribution >= 0.6 is 0 Å². The van der Waals surface area contributed by atoms with E-state index in [9.17, 15) is 8.42 Å². The van der Waals surface area contributed by atoms with Crippen molar-refractivity contribution in [2.75, 3.05) is 4.72 Å². The lowest BCUT2D eigenvalue weighted by molar-refractivity contribution is 0.470. The summed E-state index contributed by atoms with van der Waals surface area (Å²) < 4.78 is 32.1. The summed E-state index contributed by atoms with van der Waals surface area (Å²) >= 11 is 0. The predicted molar refractivity (Wildman–Crippen MR) is 183 cm³/mol. The highest BCUT2D eigenvalue weighted by molar-refractivity contribution is 7.93. The number of benzene rings is 3. The van der Waals surface area contributed by atoms with Gasteiger partial charge < -0.3 is 0 Å². The topological polar surface area (TPSA) is 89.8 Å². The number of unbranched alkanes of at least 4 members (excludes halogenated alkanes) is 9. The minimum atomic E-state index is -4.04. The molecule has 44 heavy (non-hydrogen) atoms. The molecule has 0 saturated carbocycles. The summed E-state index contributed by atoms with van der Waals surface area (Å²) in [6, 6.07) is 19.6. The highest BCUT2D eigenvalue weighted by Gasteiger charge is 2.36. The Morgan fingerprint density at radius 1 is 0.705 bits per heavy atom. The Morgan fingerprint density at radius 2 is 1.25 bits per heavy atom. The fourth-order valence-electron chi connectivity index (χ4n) is 5.99. The van der Waals surface area contributed by atoms with Crippen LogP contribution in [0.2, 0.25) is 0 Å². The molecule has 1 N–H and O–H groups in total. The Balaban J connectivity index is 1.58. The number of sulfonamides is 1. The maximum absolute atomic E-state index is 14.5. The van der Waals surface area contributed by atoms with Crippen molar-refractivity contribution < 1.29 is 8.42 Å². The van der Waals surface area contributed by atoms with Crippen molar-refractivity contribution in [1.29, 1.82) is 0 Å². The molecule has 0 aliphatic heterocycles. The molecular formula is C36H51N5O2S. The zero-order chi connectivity index (χ0) is 31.5. The van der Waals surface area contributed by atoms with E-state index in [1.165, 1.54) is 51.4 Å². The molecule has 4 aromatic rings. The molecular weight excluding hydrogens is 566 g/mol. The molecule has 8 heteroatoms. The molecule has 0 spiro atoms. The Hall–Kier alpha value is -3.26. The van der Waals surface area contributed by atoms with Crippen molar-refractivity contribution in [3.05, 3.63) is 83.2 Å². The van der Waals surface area contributed by atoms with Gasteiger partial charge in [-0.2, -0.15) is 4.80 Å². The van der Waals surface area contributed by atoms with E-state index < -0.39 is 15.3 Å². The molecule has 238 valence electrons. The van der Waals surface area contributed by atoms with Gasteiger partial charge in [0.05, 0.1) is 12.2 Å². The lowest BCUT2D eigenvalue weighted by Gasteiger charge is -2.24. The Labute approximate surface area is 264 Å². The van der Waals surface area contributed by atoms with Crippen LogP contribution in [0.3, 0.4) is 0 Å². The van der Waals surface area contributed by atoms with E-state index in [1.807, 2.05) is 60.7 Å². The van der Waals surface area contributed by atoms with E-state index in [4.69, 9.17) is 0 Å². The summed E-state index contributed by atoms with van der Waals surface area (Å²) in [6.45, 7) is 11.2. The van der Waals surface area contributed by atoms with Crippen molar-refractivity contribution >= 4 is 26.5 Å². The number of hydrogen-bond acceptors (Lipinski definition) is 5. The number of para-hydroxylation sites is 1. The monoisotopic (exact) mass is 617 g/mol. The molecule has 1 aromatic heterocycles. The zero-order valence-corrected chi connectivity index (χ0v) is 28.1. The molecule has 0 bridgehead atoms. The van der Waals surface area contributed by atoms with E-state index in [0.29, 0.717) is 17.8 Å². The first-order valence-corrected chi connectivity index (χ1v) is 18.2. The van der Waals surface area contributed by atoms with Gasteiger partial charge in [-0.1, -0.05) is 153 Å². The molecule has 1 unspecified atom stereocenters. The second kappa shape index (κ2) is 16.2. The minimum absolute atomic E-state index is 0.141. The van der Waals surface area contributed by atoms with Gasteiger partial charge in [-0.15, -0.1) is 10.2 Å². The molecule has 1 atom stereocenters. The van der Waals surface area contributed by atoms with Gasteiger partial charge in [0.25, 0.3) is 0 Å². The molecule has 0 aliphatic rings. The fourth-order valence-corrected chi connectivity index (χ4v) is 7.54. The van der Waals surface area contributed by atoms with Crippen molar-refractivity contribution in [2.24, 2.45) is 0 Å². The number of aromatic nitrogens is 4. The number of tetrazole rings is 1. The van der Waals surface area contributed by atoms with Crippen molar-refractivity contribution in [1.82, 2.24) is 20.2 Å². The zero-order valence-electron chi connectivity index (χ0n) is 27.3. The van der Waals surface area contributed by atoms with Crippen LogP contribution in [0.15, 0.2) is 60.7 Å². The lowest BCUT2D eigenvalue weighted by Crippen LogP contribution is -2.25. The SMILES string of the molecule is CCCCCCCCCCCCn1nnc(C(c2cccc3ccccc23)S(=O)(=O)Nc2c(C(C)C)cccc2C(C)C)n1. The average molecular weight is 618 g/mol. The lowest BCUT2D eigenvalue weighted by atomic mass is 9.93. The number of anilines is 1. The maximum Gasteiger partial charge on any atom is 0.247 e. The first-order chi connectivity index (χ1) is 21.2. The summed E-state index contributed by atoms with van der Waals surface area (Å²) in [5.74, 6) is 0.471. The number of hydrogen-bond donors (Lipinski definition) is 1. The normalized spacial score (nSPS) is 12.8. The second-order valence-electron chi connectivity index (χ2n) is 12.6. The van der Waals surface area contributed by atoms with Gasteiger partial charge in [0.15, 0.2) is 11.1 Å². The van der Waals surface area contributed by atoms with Gasteiger partial charge in [-0.25, -0.2) is 8.42 Å². The quantitative estimate of drug-likeness (QED) is 0.112. The van der Waals surface area contributed by atoms with Crippen LogP contribution in [-0.2, 0) is 16.6 Å². The molecule has 0 aliphatic carbocycles. The van der Waals surface area contributed by atoms with E-state index in [0.717, 1.165) is 34.7 Å². The van der Waals surface area contributed by atoms with Gasteiger partial charge in [0, 0.05) is 0 Å². The molecule has 4 rings (SSSR count). The summed E-state index contributed by atoms with van der Waals surface area (Å²) in [5.41, 5.74) is 3.23. The van der Waals surface area contributed by atoms with Crippen LogP contribution in [0, 0.1) is 0 Å². The average Bonchev–Trinajstić information content (AvgIpc) is 3.45. The van der Waals surface area contributed by atoms with Crippen molar-refractivity contribution in [3.63, 3.8) is 0 Å². The fraction of sp³-hybridized carbons (Fsp3) is 0.528. The highest BCUT2D eigenvalue weighted by Crippen LogP contribution is 2.38. The molecule has 0 saturated heterocycles. The summed E-state index contributed by atoms with van der Waals surface area (Å²) in [4.78, 5) is 1.56. The van der Waals surface area contributed by atoms with Crippen LogP contribution < -0.4 is 4.72 Å². The van der Waals surface area contributed by atoms with Crippen LogP contribution in [0.5, 0.6) is 0 Å². The van der Waals surface area contributed by atoms with Crippen LogP contribution in [-0.4, -0.2) is 28.6 Å². The van der Waals surface area contributed by atoms with Gasteiger partial charge in [-0.3, -0.25) is 4.72 Å².